The average Bonchev–Trinajstić information content (AvgIpc) is 2.49. The molecule has 1 aliphatic heterocycles. The number of benzene rings is 1. The van der Waals surface area contributed by atoms with Crippen molar-refractivity contribution in [2.24, 2.45) is 5.73 Å². The van der Waals surface area contributed by atoms with Gasteiger partial charge >= 0.3 is 0 Å². The third kappa shape index (κ3) is 3.27. The van der Waals surface area contributed by atoms with Crippen LogP contribution in [0.15, 0.2) is 30.9 Å². The van der Waals surface area contributed by atoms with Gasteiger partial charge in [0.1, 0.15) is 5.75 Å². The minimum absolute atomic E-state index is 0.00437. The van der Waals surface area contributed by atoms with Crippen LogP contribution in [-0.4, -0.2) is 18.6 Å². The van der Waals surface area contributed by atoms with Gasteiger partial charge in [-0.05, 0) is 31.0 Å². The fourth-order valence-electron chi connectivity index (χ4n) is 2.56. The normalized spacial score (nSPS) is 18.9. The summed E-state index contributed by atoms with van der Waals surface area (Å²) in [5.41, 5.74) is 8.07. The van der Waals surface area contributed by atoms with Crippen LogP contribution in [-0.2, 0) is 4.79 Å². The zero-order chi connectivity index (χ0) is 15.4. The van der Waals surface area contributed by atoms with E-state index >= 15 is 0 Å². The van der Waals surface area contributed by atoms with Crippen LogP contribution in [0.2, 0.25) is 0 Å². The first kappa shape index (κ1) is 15.6. The highest BCUT2D eigenvalue weighted by atomic mass is 16.5. The van der Waals surface area contributed by atoms with Crippen molar-refractivity contribution >= 4 is 11.6 Å². The first-order valence-corrected chi connectivity index (χ1v) is 7.57. The van der Waals surface area contributed by atoms with Crippen molar-refractivity contribution in [3.05, 3.63) is 36.4 Å². The maximum atomic E-state index is 12.3. The minimum Gasteiger partial charge on any atom is -0.479 e. The van der Waals surface area contributed by atoms with Gasteiger partial charge in [-0.1, -0.05) is 31.9 Å². The van der Waals surface area contributed by atoms with E-state index in [-0.39, 0.29) is 11.9 Å². The number of hydrogen-bond donors (Lipinski definition) is 1. The Morgan fingerprint density at radius 2 is 2.29 bits per heavy atom. The Balaban J connectivity index is 2.32. The van der Waals surface area contributed by atoms with E-state index in [9.17, 15) is 4.79 Å². The highest BCUT2D eigenvalue weighted by Crippen LogP contribution is 2.36. The van der Waals surface area contributed by atoms with Crippen LogP contribution in [0.5, 0.6) is 5.75 Å². The van der Waals surface area contributed by atoms with Crippen LogP contribution in [0.3, 0.4) is 0 Å². The lowest BCUT2D eigenvalue weighted by molar-refractivity contribution is -0.125. The number of hydrogen-bond acceptors (Lipinski definition) is 3. The molecule has 2 atom stereocenters. The third-order valence-electron chi connectivity index (χ3n) is 3.80. The molecule has 4 nitrogen and oxygen atoms in total. The maximum Gasteiger partial charge on any atom is 0.268 e. The molecule has 0 saturated heterocycles. The molecule has 2 unspecified atom stereocenters. The van der Waals surface area contributed by atoms with Crippen LogP contribution in [0, 0.1) is 0 Å². The summed E-state index contributed by atoms with van der Waals surface area (Å²) in [7, 11) is 0. The first-order chi connectivity index (χ1) is 10.1. The Kier molecular flexibility index (Phi) is 5.02. The van der Waals surface area contributed by atoms with E-state index < -0.39 is 6.10 Å². The van der Waals surface area contributed by atoms with Crippen LogP contribution >= 0.6 is 0 Å². The lowest BCUT2D eigenvalue weighted by atomic mass is 10.00. The number of amides is 1. The van der Waals surface area contributed by atoms with E-state index in [2.05, 4.69) is 13.5 Å². The molecule has 1 heterocycles. The molecule has 1 aromatic carbocycles. The zero-order valence-corrected chi connectivity index (χ0v) is 12.8. The predicted molar refractivity (Wildman–Crippen MR) is 85.5 cm³/mol. The number of anilines is 1. The summed E-state index contributed by atoms with van der Waals surface area (Å²) >= 11 is 0. The molecule has 1 amide bonds. The molecule has 4 heteroatoms. The van der Waals surface area contributed by atoms with Gasteiger partial charge in [0.25, 0.3) is 5.91 Å². The van der Waals surface area contributed by atoms with Crippen molar-refractivity contribution < 1.29 is 9.53 Å². The fraction of sp³-hybridized carbons (Fsp3) is 0.471. The Bertz CT molecular complexity index is 528. The second-order valence-corrected chi connectivity index (χ2v) is 5.47. The van der Waals surface area contributed by atoms with E-state index in [0.29, 0.717) is 6.54 Å². The van der Waals surface area contributed by atoms with Crippen molar-refractivity contribution in [2.75, 3.05) is 11.4 Å². The standard InChI is InChI=1S/C17H24N2O2/c1-4-6-7-14(18)13-8-9-16-15(11-13)19(10-5-2)17(20)12(3)21-16/h5,8-9,11-12,14H,2,4,6-7,10,18H2,1,3H3. The lowest BCUT2D eigenvalue weighted by Crippen LogP contribution is -2.44. The number of fused-ring (bicyclic) bond motifs is 1. The summed E-state index contributed by atoms with van der Waals surface area (Å²) in [4.78, 5) is 14.0. The summed E-state index contributed by atoms with van der Waals surface area (Å²) in [6.45, 7) is 8.12. The Labute approximate surface area is 126 Å². The Morgan fingerprint density at radius 1 is 1.52 bits per heavy atom. The molecule has 1 aliphatic rings. The van der Waals surface area contributed by atoms with Gasteiger partial charge in [-0.25, -0.2) is 0 Å². The van der Waals surface area contributed by atoms with E-state index in [1.165, 1.54) is 0 Å². The third-order valence-corrected chi connectivity index (χ3v) is 3.80. The van der Waals surface area contributed by atoms with Crippen molar-refractivity contribution in [2.45, 2.75) is 45.3 Å². The maximum absolute atomic E-state index is 12.3. The molecule has 0 radical (unpaired) electrons. The molecular formula is C17H24N2O2. The topological polar surface area (TPSA) is 55.6 Å². The molecule has 0 aliphatic carbocycles. The number of nitrogens with two attached hydrogens (primary N) is 1. The van der Waals surface area contributed by atoms with Crippen LogP contribution in [0.1, 0.15) is 44.7 Å². The van der Waals surface area contributed by atoms with E-state index in [1.54, 1.807) is 17.9 Å². The van der Waals surface area contributed by atoms with Crippen LogP contribution in [0.25, 0.3) is 0 Å². The molecule has 114 valence electrons. The molecule has 21 heavy (non-hydrogen) atoms. The fourth-order valence-corrected chi connectivity index (χ4v) is 2.56. The van der Waals surface area contributed by atoms with Gasteiger partial charge in [-0.15, -0.1) is 6.58 Å². The molecule has 2 N–H and O–H groups in total. The average molecular weight is 288 g/mol. The van der Waals surface area contributed by atoms with E-state index in [0.717, 1.165) is 36.3 Å². The van der Waals surface area contributed by atoms with Gasteiger partial charge in [0.2, 0.25) is 0 Å². The monoisotopic (exact) mass is 288 g/mol. The summed E-state index contributed by atoms with van der Waals surface area (Å²) in [6, 6.07) is 5.88. The molecule has 0 fully saturated rings. The zero-order valence-electron chi connectivity index (χ0n) is 12.8. The molecule has 0 bridgehead atoms. The second kappa shape index (κ2) is 6.76. The quantitative estimate of drug-likeness (QED) is 0.818. The molecule has 1 aromatic rings. The van der Waals surface area contributed by atoms with Crippen molar-refractivity contribution in [3.8, 4) is 5.75 Å². The van der Waals surface area contributed by atoms with Gasteiger partial charge in [-0.2, -0.15) is 0 Å². The summed E-state index contributed by atoms with van der Waals surface area (Å²) in [5, 5.41) is 0. The van der Waals surface area contributed by atoms with Crippen LogP contribution < -0.4 is 15.4 Å². The Morgan fingerprint density at radius 3 is 2.95 bits per heavy atom. The van der Waals surface area contributed by atoms with Gasteiger partial charge < -0.3 is 15.4 Å². The van der Waals surface area contributed by atoms with Crippen molar-refractivity contribution in [1.82, 2.24) is 0 Å². The van der Waals surface area contributed by atoms with Crippen molar-refractivity contribution in [3.63, 3.8) is 0 Å². The minimum atomic E-state index is -0.461. The van der Waals surface area contributed by atoms with E-state index in [4.69, 9.17) is 10.5 Å². The van der Waals surface area contributed by atoms with Gasteiger partial charge in [0, 0.05) is 12.6 Å². The van der Waals surface area contributed by atoms with Crippen molar-refractivity contribution in [1.29, 1.82) is 0 Å². The summed E-state index contributed by atoms with van der Waals surface area (Å²) in [6.07, 6.45) is 4.43. The second-order valence-electron chi connectivity index (χ2n) is 5.47. The highest BCUT2D eigenvalue weighted by Gasteiger charge is 2.31. The molecule has 0 spiro atoms. The first-order valence-electron chi connectivity index (χ1n) is 7.57. The number of carbonyl (C=O) groups is 1. The van der Waals surface area contributed by atoms with Gasteiger partial charge in [0.15, 0.2) is 6.10 Å². The number of nitrogens with zero attached hydrogens (tertiary/aromatic N) is 1. The predicted octanol–water partition coefficient (Wildman–Crippen LogP) is 3.18. The molecular weight excluding hydrogens is 264 g/mol. The largest absolute Gasteiger partial charge is 0.479 e. The molecule has 2 rings (SSSR count). The number of ether oxygens (including phenoxy) is 1. The van der Waals surface area contributed by atoms with E-state index in [1.807, 2.05) is 18.2 Å². The number of carbonyl (C=O) groups excluding carboxylic acids is 1. The number of unbranched alkanes of at least 4 members (excludes halogenated alkanes) is 1. The molecule has 0 saturated carbocycles. The smallest absolute Gasteiger partial charge is 0.268 e. The highest BCUT2D eigenvalue weighted by molar-refractivity contribution is 6.00. The summed E-state index contributed by atoms with van der Waals surface area (Å²) in [5.74, 6) is 0.692. The van der Waals surface area contributed by atoms with Gasteiger partial charge in [-0.3, -0.25) is 4.79 Å². The lowest BCUT2D eigenvalue weighted by Gasteiger charge is -2.33. The van der Waals surface area contributed by atoms with Gasteiger partial charge in [0.05, 0.1) is 5.69 Å². The molecule has 0 aromatic heterocycles. The SMILES string of the molecule is C=CCN1C(=O)C(C)Oc2ccc(C(N)CCCC)cc21. The number of rotatable bonds is 6. The van der Waals surface area contributed by atoms with Crippen LogP contribution in [0.4, 0.5) is 5.69 Å². The summed E-state index contributed by atoms with van der Waals surface area (Å²) < 4.78 is 5.67. The Hall–Kier alpha value is -1.81.